The standard InChI is InChI=1S/C25H38N2O/c1-2-3-4-5-6-7-8-11-14-17-23-24(27-23)18-15-12-9-10-13-16-19-25(28)26-22-20-21-22/h3-4,6-7,10-15,22-24,27H,2,5,8-9,16-21H2,1H3,(H,26,28)/b4-3-,7-6-,13-10-,14-11-,15-12-. The third-order valence-corrected chi connectivity index (χ3v) is 4.95. The van der Waals surface area contributed by atoms with Gasteiger partial charge in [0, 0.05) is 24.5 Å². The van der Waals surface area contributed by atoms with E-state index in [0.717, 1.165) is 57.8 Å². The Morgan fingerprint density at radius 1 is 0.821 bits per heavy atom. The summed E-state index contributed by atoms with van der Waals surface area (Å²) in [6.45, 7) is 2.16. The van der Waals surface area contributed by atoms with E-state index in [-0.39, 0.29) is 5.91 Å². The van der Waals surface area contributed by atoms with Gasteiger partial charge in [0.2, 0.25) is 5.91 Å². The predicted molar refractivity (Wildman–Crippen MR) is 120 cm³/mol. The van der Waals surface area contributed by atoms with Crippen LogP contribution in [0.4, 0.5) is 0 Å². The molecule has 1 aliphatic heterocycles. The summed E-state index contributed by atoms with van der Waals surface area (Å²) in [6, 6.07) is 1.77. The van der Waals surface area contributed by atoms with Crippen LogP contribution in [0.1, 0.15) is 71.1 Å². The first-order valence-corrected chi connectivity index (χ1v) is 11.1. The average molecular weight is 383 g/mol. The maximum absolute atomic E-state index is 11.5. The molecule has 0 aromatic rings. The first kappa shape index (κ1) is 22.4. The summed E-state index contributed by atoms with van der Waals surface area (Å²) >= 11 is 0. The Labute approximate surface area is 171 Å². The normalized spacial score (nSPS) is 22.5. The Bertz CT molecular complexity index is 581. The van der Waals surface area contributed by atoms with Crippen LogP contribution in [0.2, 0.25) is 0 Å². The van der Waals surface area contributed by atoms with Crippen LogP contribution in [-0.2, 0) is 4.79 Å². The van der Waals surface area contributed by atoms with Crippen LogP contribution in [0.3, 0.4) is 0 Å². The minimum atomic E-state index is 0.197. The van der Waals surface area contributed by atoms with Crippen LogP contribution in [0, 0.1) is 0 Å². The number of amides is 1. The molecule has 1 heterocycles. The highest BCUT2D eigenvalue weighted by molar-refractivity contribution is 5.76. The zero-order chi connectivity index (χ0) is 19.9. The fourth-order valence-corrected chi connectivity index (χ4v) is 3.01. The van der Waals surface area contributed by atoms with Gasteiger partial charge in [-0.05, 0) is 57.8 Å². The van der Waals surface area contributed by atoms with Gasteiger partial charge >= 0.3 is 0 Å². The maximum atomic E-state index is 11.5. The van der Waals surface area contributed by atoms with E-state index in [1.807, 2.05) is 0 Å². The molecule has 0 aromatic heterocycles. The summed E-state index contributed by atoms with van der Waals surface area (Å²) in [5, 5.41) is 6.56. The quantitative estimate of drug-likeness (QED) is 0.289. The minimum Gasteiger partial charge on any atom is -0.353 e. The summed E-state index contributed by atoms with van der Waals surface area (Å²) in [4.78, 5) is 11.5. The molecular formula is C25H38N2O. The number of hydrogen-bond acceptors (Lipinski definition) is 2. The molecule has 154 valence electrons. The first-order chi connectivity index (χ1) is 13.8. The monoisotopic (exact) mass is 382 g/mol. The van der Waals surface area contributed by atoms with Gasteiger partial charge in [-0.1, -0.05) is 67.7 Å². The molecule has 2 unspecified atom stereocenters. The van der Waals surface area contributed by atoms with Gasteiger partial charge in [-0.25, -0.2) is 0 Å². The third kappa shape index (κ3) is 11.8. The molecule has 2 rings (SSSR count). The van der Waals surface area contributed by atoms with E-state index >= 15 is 0 Å². The summed E-state index contributed by atoms with van der Waals surface area (Å²) in [5.41, 5.74) is 0. The summed E-state index contributed by atoms with van der Waals surface area (Å²) in [7, 11) is 0. The molecule has 2 fully saturated rings. The van der Waals surface area contributed by atoms with E-state index in [9.17, 15) is 4.79 Å². The van der Waals surface area contributed by atoms with Gasteiger partial charge in [-0.2, -0.15) is 0 Å². The van der Waals surface area contributed by atoms with E-state index in [4.69, 9.17) is 0 Å². The van der Waals surface area contributed by atoms with Crippen molar-refractivity contribution in [2.75, 3.05) is 0 Å². The average Bonchev–Trinajstić information content (AvgIpc) is 3.60. The van der Waals surface area contributed by atoms with Gasteiger partial charge in [0.15, 0.2) is 0 Å². The molecule has 2 aliphatic rings. The number of carbonyl (C=O) groups excluding carboxylic acids is 1. The lowest BCUT2D eigenvalue weighted by Gasteiger charge is -1.99. The van der Waals surface area contributed by atoms with Crippen molar-refractivity contribution in [3.05, 3.63) is 60.8 Å². The second-order valence-corrected chi connectivity index (χ2v) is 7.70. The van der Waals surface area contributed by atoms with Crippen molar-refractivity contribution in [3.63, 3.8) is 0 Å². The lowest BCUT2D eigenvalue weighted by Crippen LogP contribution is -2.24. The summed E-state index contributed by atoms with van der Waals surface area (Å²) < 4.78 is 0. The molecule has 28 heavy (non-hydrogen) atoms. The highest BCUT2D eigenvalue weighted by Gasteiger charge is 2.33. The molecule has 0 spiro atoms. The molecule has 3 nitrogen and oxygen atoms in total. The molecule has 1 saturated carbocycles. The van der Waals surface area contributed by atoms with Crippen molar-refractivity contribution in [1.82, 2.24) is 10.6 Å². The van der Waals surface area contributed by atoms with Crippen molar-refractivity contribution in [3.8, 4) is 0 Å². The lowest BCUT2D eigenvalue weighted by atomic mass is 10.1. The zero-order valence-corrected chi connectivity index (χ0v) is 17.5. The van der Waals surface area contributed by atoms with Gasteiger partial charge in [0.25, 0.3) is 0 Å². The molecule has 3 heteroatoms. The lowest BCUT2D eigenvalue weighted by molar-refractivity contribution is -0.121. The van der Waals surface area contributed by atoms with Gasteiger partial charge in [0.1, 0.15) is 0 Å². The van der Waals surface area contributed by atoms with Gasteiger partial charge in [0.05, 0.1) is 0 Å². The van der Waals surface area contributed by atoms with E-state index in [0.29, 0.717) is 24.5 Å². The smallest absolute Gasteiger partial charge is 0.220 e. The third-order valence-electron chi connectivity index (χ3n) is 4.95. The number of allylic oxidation sites excluding steroid dienone is 8. The van der Waals surface area contributed by atoms with Gasteiger partial charge in [-0.15, -0.1) is 0 Å². The van der Waals surface area contributed by atoms with Crippen LogP contribution in [0.15, 0.2) is 60.8 Å². The molecule has 1 amide bonds. The first-order valence-electron chi connectivity index (χ1n) is 11.1. The van der Waals surface area contributed by atoms with Gasteiger partial charge < -0.3 is 10.6 Å². The Hall–Kier alpha value is -1.87. The highest BCUT2D eigenvalue weighted by atomic mass is 16.1. The SMILES string of the molecule is CC/C=C\C/C=C\C/C=C\CC1NC1C/C=C\C/C=C\CCC(=O)NC1CC1. The summed E-state index contributed by atoms with van der Waals surface area (Å²) in [5.74, 6) is 0.197. The van der Waals surface area contributed by atoms with Crippen molar-refractivity contribution in [2.45, 2.75) is 89.3 Å². The van der Waals surface area contributed by atoms with E-state index in [2.05, 4.69) is 78.3 Å². The van der Waals surface area contributed by atoms with Crippen LogP contribution in [0.5, 0.6) is 0 Å². The van der Waals surface area contributed by atoms with E-state index in [1.54, 1.807) is 0 Å². The minimum absolute atomic E-state index is 0.197. The highest BCUT2D eigenvalue weighted by Crippen LogP contribution is 2.20. The van der Waals surface area contributed by atoms with Crippen molar-refractivity contribution >= 4 is 5.91 Å². The van der Waals surface area contributed by atoms with E-state index < -0.39 is 0 Å². The van der Waals surface area contributed by atoms with Crippen molar-refractivity contribution in [2.24, 2.45) is 0 Å². The number of rotatable bonds is 15. The Balaban J connectivity index is 1.40. The number of hydrogen-bond donors (Lipinski definition) is 2. The molecule has 0 aromatic carbocycles. The molecule has 2 atom stereocenters. The Morgan fingerprint density at radius 3 is 1.93 bits per heavy atom. The fourth-order valence-electron chi connectivity index (χ4n) is 3.01. The zero-order valence-electron chi connectivity index (χ0n) is 17.5. The topological polar surface area (TPSA) is 51.0 Å². The van der Waals surface area contributed by atoms with Gasteiger partial charge in [-0.3, -0.25) is 4.79 Å². The second-order valence-electron chi connectivity index (χ2n) is 7.70. The molecule has 0 radical (unpaired) electrons. The van der Waals surface area contributed by atoms with E-state index in [1.165, 1.54) is 0 Å². The largest absolute Gasteiger partial charge is 0.353 e. The van der Waals surface area contributed by atoms with Crippen LogP contribution >= 0.6 is 0 Å². The number of carbonyl (C=O) groups is 1. The maximum Gasteiger partial charge on any atom is 0.220 e. The van der Waals surface area contributed by atoms with Crippen molar-refractivity contribution < 1.29 is 4.79 Å². The summed E-state index contributed by atoms with van der Waals surface area (Å²) in [6.07, 6.45) is 32.4. The predicted octanol–water partition coefficient (Wildman–Crippen LogP) is 5.53. The Kier molecular flexibility index (Phi) is 11.3. The number of nitrogens with one attached hydrogen (secondary N) is 2. The molecule has 1 saturated heterocycles. The molecule has 1 aliphatic carbocycles. The Morgan fingerprint density at radius 2 is 1.36 bits per heavy atom. The van der Waals surface area contributed by atoms with Crippen LogP contribution in [0.25, 0.3) is 0 Å². The molecule has 2 N–H and O–H groups in total. The van der Waals surface area contributed by atoms with Crippen LogP contribution < -0.4 is 10.6 Å². The van der Waals surface area contributed by atoms with Crippen LogP contribution in [-0.4, -0.2) is 24.0 Å². The second kappa shape index (κ2) is 14.2. The fraction of sp³-hybridized carbons (Fsp3) is 0.560. The molecule has 0 bridgehead atoms. The van der Waals surface area contributed by atoms with Crippen molar-refractivity contribution in [1.29, 1.82) is 0 Å². The molecular weight excluding hydrogens is 344 g/mol.